The molecular formula is C19H26FIN4O2S2. The van der Waals surface area contributed by atoms with Crippen molar-refractivity contribution >= 4 is 51.7 Å². The Labute approximate surface area is 193 Å². The summed E-state index contributed by atoms with van der Waals surface area (Å²) in [6, 6.07) is 12.9. The maximum Gasteiger partial charge on any atom is 0.238 e. The average molecular weight is 552 g/mol. The van der Waals surface area contributed by atoms with E-state index in [-0.39, 0.29) is 34.7 Å². The second kappa shape index (κ2) is 13.0. The number of halogens is 2. The number of rotatable bonds is 9. The van der Waals surface area contributed by atoms with E-state index in [9.17, 15) is 12.8 Å². The van der Waals surface area contributed by atoms with Gasteiger partial charge in [0.2, 0.25) is 10.0 Å². The SMILES string of the molecule is CCNC(=NCc1cccc(S(N)(=O)=O)c1)NCCCSc1ccc(F)cc1.I. The Hall–Kier alpha value is -1.37. The molecule has 0 aliphatic carbocycles. The van der Waals surface area contributed by atoms with E-state index in [1.807, 2.05) is 6.92 Å². The summed E-state index contributed by atoms with van der Waals surface area (Å²) in [6.45, 7) is 3.76. The predicted molar refractivity (Wildman–Crippen MR) is 128 cm³/mol. The Morgan fingerprint density at radius 2 is 1.90 bits per heavy atom. The lowest BCUT2D eigenvalue weighted by Gasteiger charge is -2.11. The average Bonchev–Trinajstić information content (AvgIpc) is 2.67. The Bertz CT molecular complexity index is 893. The quantitative estimate of drug-likeness (QED) is 0.146. The van der Waals surface area contributed by atoms with Gasteiger partial charge in [-0.15, -0.1) is 35.7 Å². The maximum atomic E-state index is 12.9. The number of hydrogen-bond donors (Lipinski definition) is 3. The first kappa shape index (κ1) is 25.7. The molecule has 4 N–H and O–H groups in total. The van der Waals surface area contributed by atoms with Crippen LogP contribution in [-0.4, -0.2) is 33.2 Å². The number of sulfonamides is 1. The van der Waals surface area contributed by atoms with Crippen LogP contribution in [0.5, 0.6) is 0 Å². The highest BCUT2D eigenvalue weighted by Gasteiger charge is 2.07. The molecule has 10 heteroatoms. The van der Waals surface area contributed by atoms with Crippen molar-refractivity contribution in [3.05, 3.63) is 59.9 Å². The Kier molecular flexibility index (Phi) is 11.5. The molecule has 0 fully saturated rings. The first-order valence-electron chi connectivity index (χ1n) is 8.91. The van der Waals surface area contributed by atoms with Gasteiger partial charge < -0.3 is 10.6 Å². The first-order chi connectivity index (χ1) is 13.4. The molecule has 2 rings (SSSR count). The number of hydrogen-bond acceptors (Lipinski definition) is 4. The number of aliphatic imine (C=N–C) groups is 1. The van der Waals surface area contributed by atoms with Crippen molar-refractivity contribution < 1.29 is 12.8 Å². The van der Waals surface area contributed by atoms with Gasteiger partial charge in [-0.05, 0) is 61.1 Å². The molecule has 2 aromatic carbocycles. The van der Waals surface area contributed by atoms with Gasteiger partial charge in [-0.2, -0.15) is 0 Å². The van der Waals surface area contributed by atoms with Gasteiger partial charge in [-0.25, -0.2) is 22.9 Å². The first-order valence-corrected chi connectivity index (χ1v) is 11.4. The summed E-state index contributed by atoms with van der Waals surface area (Å²) < 4.78 is 35.8. The fourth-order valence-electron chi connectivity index (χ4n) is 2.33. The highest BCUT2D eigenvalue weighted by Crippen LogP contribution is 2.18. The lowest BCUT2D eigenvalue weighted by molar-refractivity contribution is 0.597. The molecule has 0 unspecified atom stereocenters. The van der Waals surface area contributed by atoms with E-state index in [2.05, 4.69) is 15.6 Å². The molecule has 29 heavy (non-hydrogen) atoms. The summed E-state index contributed by atoms with van der Waals surface area (Å²) in [4.78, 5) is 5.60. The number of guanidine groups is 1. The summed E-state index contributed by atoms with van der Waals surface area (Å²) in [5.41, 5.74) is 0.760. The zero-order chi connectivity index (χ0) is 20.4. The van der Waals surface area contributed by atoms with Crippen molar-refractivity contribution in [3.63, 3.8) is 0 Å². The van der Waals surface area contributed by atoms with Crippen LogP contribution in [0, 0.1) is 5.82 Å². The van der Waals surface area contributed by atoms with E-state index in [1.165, 1.54) is 24.3 Å². The van der Waals surface area contributed by atoms with Gasteiger partial charge in [0, 0.05) is 18.0 Å². The van der Waals surface area contributed by atoms with E-state index >= 15 is 0 Å². The molecule has 6 nitrogen and oxygen atoms in total. The number of thioether (sulfide) groups is 1. The number of primary sulfonamides is 1. The molecule has 160 valence electrons. The third-order valence-corrected chi connectivity index (χ3v) is 5.70. The maximum absolute atomic E-state index is 12.9. The second-order valence-corrected chi connectivity index (χ2v) is 8.70. The summed E-state index contributed by atoms with van der Waals surface area (Å²) in [5.74, 6) is 1.33. The van der Waals surface area contributed by atoms with Crippen LogP contribution in [0.15, 0.2) is 63.3 Å². The molecule has 0 bridgehead atoms. The van der Waals surface area contributed by atoms with Crippen molar-refractivity contribution in [2.45, 2.75) is 29.7 Å². The second-order valence-electron chi connectivity index (χ2n) is 5.97. The van der Waals surface area contributed by atoms with Crippen LogP contribution in [0.3, 0.4) is 0 Å². The van der Waals surface area contributed by atoms with Gasteiger partial charge in [0.15, 0.2) is 5.96 Å². The topological polar surface area (TPSA) is 96.6 Å². The molecule has 0 spiro atoms. The smallest absolute Gasteiger partial charge is 0.238 e. The standard InChI is InChI=1S/C19H25FN4O2S2.HI/c1-2-22-19(23-11-4-12-27-17-9-7-16(20)8-10-17)24-14-15-5-3-6-18(13-15)28(21,25)26;/h3,5-10,13H,2,4,11-12,14H2,1H3,(H2,21,25,26)(H2,22,23,24);1H. The lowest BCUT2D eigenvalue weighted by atomic mass is 10.2. The molecule has 0 aromatic heterocycles. The molecule has 2 aromatic rings. The third kappa shape index (κ3) is 9.79. The Morgan fingerprint density at radius 1 is 1.17 bits per heavy atom. The summed E-state index contributed by atoms with van der Waals surface area (Å²) in [5, 5.41) is 11.6. The van der Waals surface area contributed by atoms with Crippen LogP contribution in [0.2, 0.25) is 0 Å². The van der Waals surface area contributed by atoms with Crippen LogP contribution in [-0.2, 0) is 16.6 Å². The zero-order valence-corrected chi connectivity index (χ0v) is 20.1. The third-order valence-electron chi connectivity index (χ3n) is 3.69. The highest BCUT2D eigenvalue weighted by molar-refractivity contribution is 14.0. The summed E-state index contributed by atoms with van der Waals surface area (Å²) in [6.07, 6.45) is 0.910. The minimum atomic E-state index is -3.72. The Morgan fingerprint density at radius 3 is 2.55 bits per heavy atom. The molecule has 0 radical (unpaired) electrons. The van der Waals surface area contributed by atoms with Gasteiger partial charge in [-0.1, -0.05) is 12.1 Å². The van der Waals surface area contributed by atoms with E-state index in [0.29, 0.717) is 19.0 Å². The minimum absolute atomic E-state index is 0. The summed E-state index contributed by atoms with van der Waals surface area (Å²) in [7, 11) is -3.72. The van der Waals surface area contributed by atoms with Crippen LogP contribution < -0.4 is 15.8 Å². The molecule has 0 aliphatic heterocycles. The minimum Gasteiger partial charge on any atom is -0.357 e. The van der Waals surface area contributed by atoms with Crippen molar-refractivity contribution in [3.8, 4) is 0 Å². The van der Waals surface area contributed by atoms with E-state index in [4.69, 9.17) is 5.14 Å². The fraction of sp³-hybridized carbons (Fsp3) is 0.316. The molecule has 0 heterocycles. The monoisotopic (exact) mass is 552 g/mol. The highest BCUT2D eigenvalue weighted by atomic mass is 127. The molecule has 0 aliphatic rings. The molecular weight excluding hydrogens is 526 g/mol. The van der Waals surface area contributed by atoms with Crippen molar-refractivity contribution in [2.24, 2.45) is 10.1 Å². The van der Waals surface area contributed by atoms with Gasteiger partial charge in [0.25, 0.3) is 0 Å². The molecule has 0 atom stereocenters. The van der Waals surface area contributed by atoms with Crippen LogP contribution in [0.1, 0.15) is 18.9 Å². The fourth-order valence-corrected chi connectivity index (χ4v) is 3.77. The van der Waals surface area contributed by atoms with Crippen LogP contribution in [0.25, 0.3) is 0 Å². The van der Waals surface area contributed by atoms with E-state index in [1.54, 1.807) is 36.0 Å². The van der Waals surface area contributed by atoms with Crippen molar-refractivity contribution in [1.82, 2.24) is 10.6 Å². The van der Waals surface area contributed by atoms with E-state index < -0.39 is 10.0 Å². The van der Waals surface area contributed by atoms with Crippen molar-refractivity contribution in [2.75, 3.05) is 18.8 Å². The number of nitrogens with two attached hydrogens (primary N) is 1. The number of benzene rings is 2. The van der Waals surface area contributed by atoms with Gasteiger partial charge in [0.1, 0.15) is 5.82 Å². The van der Waals surface area contributed by atoms with Crippen LogP contribution >= 0.6 is 35.7 Å². The number of nitrogens with zero attached hydrogens (tertiary/aromatic N) is 1. The zero-order valence-electron chi connectivity index (χ0n) is 16.1. The molecule has 0 saturated carbocycles. The van der Waals surface area contributed by atoms with Gasteiger partial charge in [-0.3, -0.25) is 0 Å². The predicted octanol–water partition coefficient (Wildman–Crippen LogP) is 3.33. The van der Waals surface area contributed by atoms with E-state index in [0.717, 1.165) is 29.2 Å². The largest absolute Gasteiger partial charge is 0.357 e. The molecule has 0 amide bonds. The van der Waals surface area contributed by atoms with Crippen LogP contribution in [0.4, 0.5) is 4.39 Å². The van der Waals surface area contributed by atoms with Crippen molar-refractivity contribution in [1.29, 1.82) is 0 Å². The van der Waals surface area contributed by atoms with Gasteiger partial charge in [0.05, 0.1) is 11.4 Å². The normalized spacial score (nSPS) is 11.6. The molecule has 0 saturated heterocycles. The van der Waals surface area contributed by atoms with Gasteiger partial charge >= 0.3 is 0 Å². The summed E-state index contributed by atoms with van der Waals surface area (Å²) >= 11 is 1.67. The number of nitrogens with one attached hydrogen (secondary N) is 2. The Balaban J connectivity index is 0.00000420. The lowest BCUT2D eigenvalue weighted by Crippen LogP contribution is -2.37.